The molecule has 0 saturated carbocycles. The highest BCUT2D eigenvalue weighted by atomic mass is 16.3. The number of benzene rings is 1. The molecular weight excluding hydrogens is 336 g/mol. The van der Waals surface area contributed by atoms with E-state index in [0.29, 0.717) is 11.8 Å². The second-order valence-electron chi connectivity index (χ2n) is 8.01. The van der Waals surface area contributed by atoms with Crippen LogP contribution in [0.2, 0.25) is 0 Å². The van der Waals surface area contributed by atoms with E-state index >= 15 is 0 Å². The summed E-state index contributed by atoms with van der Waals surface area (Å²) in [5.41, 5.74) is 3.55. The summed E-state index contributed by atoms with van der Waals surface area (Å²) < 4.78 is 8.09. The van der Waals surface area contributed by atoms with Crippen LogP contribution in [0.5, 0.6) is 0 Å². The zero-order chi connectivity index (χ0) is 18.4. The Morgan fingerprint density at radius 1 is 1.22 bits per heavy atom. The third-order valence-corrected chi connectivity index (χ3v) is 6.06. The summed E-state index contributed by atoms with van der Waals surface area (Å²) >= 11 is 0. The van der Waals surface area contributed by atoms with Crippen LogP contribution in [-0.2, 0) is 13.1 Å². The number of aromatic nitrogens is 1. The number of quaternary nitrogens is 1. The summed E-state index contributed by atoms with van der Waals surface area (Å²) in [5.74, 6) is 2.07. The summed E-state index contributed by atoms with van der Waals surface area (Å²) in [6.07, 6.45) is 5.39. The van der Waals surface area contributed by atoms with Gasteiger partial charge in [0.25, 0.3) is 5.56 Å². The van der Waals surface area contributed by atoms with Crippen molar-refractivity contribution in [1.29, 1.82) is 0 Å². The lowest BCUT2D eigenvalue weighted by Crippen LogP contribution is -3.13. The Hall–Kier alpha value is -2.59. The molecule has 2 aliphatic rings. The highest BCUT2D eigenvalue weighted by Crippen LogP contribution is 2.33. The Kier molecular flexibility index (Phi) is 4.01. The van der Waals surface area contributed by atoms with Crippen molar-refractivity contribution in [2.75, 3.05) is 13.1 Å². The third kappa shape index (κ3) is 2.94. The van der Waals surface area contributed by atoms with Gasteiger partial charge in [0, 0.05) is 35.5 Å². The van der Waals surface area contributed by atoms with Crippen molar-refractivity contribution in [2.45, 2.75) is 32.4 Å². The molecule has 2 aliphatic heterocycles. The molecule has 1 fully saturated rings. The van der Waals surface area contributed by atoms with Crippen molar-refractivity contribution in [1.82, 2.24) is 4.57 Å². The van der Waals surface area contributed by atoms with Crippen LogP contribution in [0.3, 0.4) is 0 Å². The monoisotopic (exact) mass is 361 g/mol. The van der Waals surface area contributed by atoms with E-state index in [1.165, 1.54) is 23.1 Å². The standard InChI is InChI=1S/C23H24N2O2/c1-2-5-17-8-9-22(26)25-13-16-10-19(23(17)25)14-24(12-16)15-20-11-18-6-3-4-7-21(18)27-20/h2-9,11,16,19H,10,12-15H2,1H3/p+1/b5-2+/t16-,19+/m0/s1. The fraction of sp³-hybridized carbons (Fsp3) is 0.348. The maximum Gasteiger partial charge on any atom is 0.250 e. The molecular formula is C23H25N2O2+. The molecule has 2 bridgehead atoms. The average Bonchev–Trinajstić information content (AvgIpc) is 3.06. The summed E-state index contributed by atoms with van der Waals surface area (Å²) in [7, 11) is 0. The van der Waals surface area contributed by atoms with Crippen LogP contribution in [0.4, 0.5) is 0 Å². The topological polar surface area (TPSA) is 39.6 Å². The van der Waals surface area contributed by atoms with Gasteiger partial charge in [-0.05, 0) is 37.1 Å². The Morgan fingerprint density at radius 2 is 2.11 bits per heavy atom. The van der Waals surface area contributed by atoms with Crippen molar-refractivity contribution in [3.8, 4) is 0 Å². The Labute approximate surface area is 158 Å². The van der Waals surface area contributed by atoms with E-state index in [1.54, 1.807) is 11.0 Å². The van der Waals surface area contributed by atoms with Crippen LogP contribution >= 0.6 is 0 Å². The van der Waals surface area contributed by atoms with Crippen molar-refractivity contribution in [2.24, 2.45) is 5.92 Å². The summed E-state index contributed by atoms with van der Waals surface area (Å²) in [4.78, 5) is 14.0. The van der Waals surface area contributed by atoms with Gasteiger partial charge in [0.1, 0.15) is 12.1 Å². The molecule has 1 N–H and O–H groups in total. The van der Waals surface area contributed by atoms with Gasteiger partial charge in [0.15, 0.2) is 5.76 Å². The minimum absolute atomic E-state index is 0.147. The van der Waals surface area contributed by atoms with E-state index in [-0.39, 0.29) is 5.56 Å². The van der Waals surface area contributed by atoms with Gasteiger partial charge in [0.05, 0.1) is 13.1 Å². The smallest absolute Gasteiger partial charge is 0.250 e. The molecule has 0 amide bonds. The van der Waals surface area contributed by atoms with Gasteiger partial charge in [-0.2, -0.15) is 0 Å². The van der Waals surface area contributed by atoms with Crippen LogP contribution in [0.15, 0.2) is 57.8 Å². The predicted molar refractivity (Wildman–Crippen MR) is 107 cm³/mol. The molecule has 1 saturated heterocycles. The Morgan fingerprint density at radius 3 is 2.96 bits per heavy atom. The SMILES string of the molecule is C/C=C/c1ccc(=O)n2c1[C@@H]1C[C@H](C2)C[NH+](Cc2cc3ccccc3o2)C1. The van der Waals surface area contributed by atoms with Gasteiger partial charge in [-0.3, -0.25) is 4.79 Å². The first kappa shape index (κ1) is 16.6. The van der Waals surface area contributed by atoms with Crippen molar-refractivity contribution < 1.29 is 9.32 Å². The molecule has 2 aromatic heterocycles. The largest absolute Gasteiger partial charge is 0.455 e. The van der Waals surface area contributed by atoms with Crippen molar-refractivity contribution in [3.63, 3.8) is 0 Å². The Balaban J connectivity index is 1.45. The number of hydrogen-bond acceptors (Lipinski definition) is 2. The van der Waals surface area contributed by atoms with Crippen molar-refractivity contribution >= 4 is 17.0 Å². The minimum atomic E-state index is 0.147. The zero-order valence-corrected chi connectivity index (χ0v) is 15.7. The second kappa shape index (κ2) is 6.54. The lowest BCUT2D eigenvalue weighted by molar-refractivity contribution is -0.925. The first-order chi connectivity index (χ1) is 13.2. The molecule has 4 heterocycles. The van der Waals surface area contributed by atoms with Crippen LogP contribution in [0, 0.1) is 5.92 Å². The molecule has 0 aliphatic carbocycles. The van der Waals surface area contributed by atoms with Crippen LogP contribution in [0.1, 0.15) is 36.3 Å². The average molecular weight is 361 g/mol. The number of fused-ring (bicyclic) bond motifs is 5. The van der Waals surface area contributed by atoms with E-state index in [1.807, 2.05) is 29.7 Å². The normalized spacial score (nSPS) is 24.4. The molecule has 4 heteroatoms. The van der Waals surface area contributed by atoms with Crippen LogP contribution in [0.25, 0.3) is 17.0 Å². The Bertz CT molecular complexity index is 1040. The fourth-order valence-corrected chi connectivity index (χ4v) is 5.11. The number of allylic oxidation sites excluding steroid dienone is 1. The van der Waals surface area contributed by atoms with Gasteiger partial charge < -0.3 is 13.9 Å². The number of furan rings is 1. The molecule has 3 atom stereocenters. The van der Waals surface area contributed by atoms with Gasteiger partial charge in [-0.1, -0.05) is 30.4 Å². The number of nitrogens with one attached hydrogen (secondary N) is 1. The molecule has 4 nitrogen and oxygen atoms in total. The molecule has 3 aromatic rings. The van der Waals surface area contributed by atoms with Gasteiger partial charge in [0.2, 0.25) is 0 Å². The number of piperidine rings is 1. The highest BCUT2D eigenvalue weighted by Gasteiger charge is 2.38. The lowest BCUT2D eigenvalue weighted by atomic mass is 9.81. The molecule has 0 radical (unpaired) electrons. The number of para-hydroxylation sites is 1. The van der Waals surface area contributed by atoms with E-state index in [9.17, 15) is 4.79 Å². The lowest BCUT2D eigenvalue weighted by Gasteiger charge is -2.40. The predicted octanol–water partition coefficient (Wildman–Crippen LogP) is 2.83. The molecule has 138 valence electrons. The first-order valence-electron chi connectivity index (χ1n) is 9.88. The van der Waals surface area contributed by atoms with Crippen LogP contribution in [-0.4, -0.2) is 17.7 Å². The van der Waals surface area contributed by atoms with E-state index in [2.05, 4.69) is 30.4 Å². The number of rotatable bonds is 3. The summed E-state index contributed by atoms with van der Waals surface area (Å²) in [5, 5.41) is 1.18. The highest BCUT2D eigenvalue weighted by molar-refractivity contribution is 5.77. The number of pyridine rings is 1. The van der Waals surface area contributed by atoms with Crippen molar-refractivity contribution in [3.05, 3.63) is 75.9 Å². The summed E-state index contributed by atoms with van der Waals surface area (Å²) in [6, 6.07) is 14.1. The second-order valence-corrected chi connectivity index (χ2v) is 8.01. The quantitative estimate of drug-likeness (QED) is 0.779. The minimum Gasteiger partial charge on any atom is -0.455 e. The summed E-state index contributed by atoms with van der Waals surface area (Å²) in [6.45, 7) is 5.96. The van der Waals surface area contributed by atoms with E-state index in [4.69, 9.17) is 4.42 Å². The molecule has 0 spiro atoms. The maximum atomic E-state index is 12.4. The maximum absolute atomic E-state index is 12.4. The molecule has 1 unspecified atom stereocenters. The van der Waals surface area contributed by atoms with Gasteiger partial charge in [-0.15, -0.1) is 0 Å². The molecule has 1 aromatic carbocycles. The van der Waals surface area contributed by atoms with Crippen LogP contribution < -0.4 is 10.5 Å². The van der Waals surface area contributed by atoms with E-state index in [0.717, 1.165) is 37.5 Å². The number of nitrogens with zero attached hydrogens (tertiary/aromatic N) is 1. The molecule has 5 rings (SSSR count). The van der Waals surface area contributed by atoms with Gasteiger partial charge in [-0.25, -0.2) is 0 Å². The van der Waals surface area contributed by atoms with Gasteiger partial charge >= 0.3 is 0 Å². The first-order valence-corrected chi connectivity index (χ1v) is 9.88. The number of hydrogen-bond donors (Lipinski definition) is 1. The van der Waals surface area contributed by atoms with E-state index < -0.39 is 0 Å². The molecule has 27 heavy (non-hydrogen) atoms. The zero-order valence-electron chi connectivity index (χ0n) is 15.7. The third-order valence-electron chi connectivity index (χ3n) is 6.06. The fourth-order valence-electron chi connectivity index (χ4n) is 5.11. The number of likely N-dealkylation sites (tertiary alicyclic amines) is 1.